The van der Waals surface area contributed by atoms with Crippen molar-refractivity contribution in [2.45, 2.75) is 38.1 Å². The minimum atomic E-state index is -0.222. The third-order valence-electron chi connectivity index (χ3n) is 3.59. The van der Waals surface area contributed by atoms with E-state index in [1.807, 2.05) is 0 Å². The molecule has 4 heteroatoms. The summed E-state index contributed by atoms with van der Waals surface area (Å²) in [6.45, 7) is 1.54. The number of Topliss-reactive ketones (excluding diaryl/α,β-unsaturated/α-hetero) is 1. The van der Waals surface area contributed by atoms with E-state index in [0.717, 1.165) is 32.2 Å². The van der Waals surface area contributed by atoms with E-state index in [-0.39, 0.29) is 17.9 Å². The van der Waals surface area contributed by atoms with Crippen LogP contribution in [0.5, 0.6) is 0 Å². The molecule has 1 aliphatic heterocycles. The van der Waals surface area contributed by atoms with Crippen molar-refractivity contribution in [1.82, 2.24) is 4.90 Å². The molecular weight excluding hydrogens is 192 g/mol. The van der Waals surface area contributed by atoms with E-state index in [4.69, 9.17) is 5.73 Å². The van der Waals surface area contributed by atoms with Crippen LogP contribution in [0.4, 0.5) is 0 Å². The molecule has 84 valence electrons. The molecule has 2 unspecified atom stereocenters. The number of ketones is 1. The molecule has 1 aliphatic carbocycles. The molecule has 0 spiro atoms. The van der Waals surface area contributed by atoms with Gasteiger partial charge in [-0.05, 0) is 25.8 Å². The first-order chi connectivity index (χ1) is 7.18. The number of likely N-dealkylation sites (tertiary alicyclic amines) is 1. The molecule has 0 radical (unpaired) electrons. The zero-order chi connectivity index (χ0) is 10.8. The molecule has 1 saturated carbocycles. The van der Waals surface area contributed by atoms with Gasteiger partial charge in [0.25, 0.3) is 0 Å². The van der Waals surface area contributed by atoms with E-state index in [0.29, 0.717) is 18.7 Å². The second-order valence-electron chi connectivity index (χ2n) is 4.61. The average Bonchev–Trinajstić information content (AvgIpc) is 2.67. The van der Waals surface area contributed by atoms with Crippen LogP contribution in [0.15, 0.2) is 0 Å². The lowest BCUT2D eigenvalue weighted by atomic mass is 9.93. The SMILES string of the molecule is NC(=O)C1CCN(C2CCCCC2=O)C1. The molecule has 0 aromatic rings. The van der Waals surface area contributed by atoms with Gasteiger partial charge in [-0.25, -0.2) is 0 Å². The Balaban J connectivity index is 1.94. The first kappa shape index (κ1) is 10.6. The summed E-state index contributed by atoms with van der Waals surface area (Å²) in [7, 11) is 0. The van der Waals surface area contributed by atoms with Gasteiger partial charge >= 0.3 is 0 Å². The first-order valence-electron chi connectivity index (χ1n) is 5.74. The maximum Gasteiger partial charge on any atom is 0.221 e. The zero-order valence-corrected chi connectivity index (χ0v) is 8.95. The van der Waals surface area contributed by atoms with Crippen LogP contribution in [0.3, 0.4) is 0 Å². The number of nitrogens with two attached hydrogens (primary N) is 1. The molecule has 0 bridgehead atoms. The van der Waals surface area contributed by atoms with Gasteiger partial charge in [-0.2, -0.15) is 0 Å². The first-order valence-corrected chi connectivity index (χ1v) is 5.74. The number of carbonyl (C=O) groups excluding carboxylic acids is 2. The van der Waals surface area contributed by atoms with Crippen molar-refractivity contribution >= 4 is 11.7 Å². The van der Waals surface area contributed by atoms with Crippen molar-refractivity contribution in [1.29, 1.82) is 0 Å². The normalized spacial score (nSPS) is 33.2. The number of hydrogen-bond donors (Lipinski definition) is 1. The molecule has 2 rings (SSSR count). The Morgan fingerprint density at radius 2 is 2.13 bits per heavy atom. The van der Waals surface area contributed by atoms with Gasteiger partial charge in [0.1, 0.15) is 5.78 Å². The summed E-state index contributed by atoms with van der Waals surface area (Å²) in [5.41, 5.74) is 5.27. The average molecular weight is 210 g/mol. The highest BCUT2D eigenvalue weighted by Gasteiger charge is 2.35. The monoisotopic (exact) mass is 210 g/mol. The van der Waals surface area contributed by atoms with Crippen molar-refractivity contribution in [2.75, 3.05) is 13.1 Å². The minimum absolute atomic E-state index is 0.0419. The topological polar surface area (TPSA) is 63.4 Å². The van der Waals surface area contributed by atoms with Crippen LogP contribution in [0, 0.1) is 5.92 Å². The van der Waals surface area contributed by atoms with Crippen LogP contribution < -0.4 is 5.73 Å². The van der Waals surface area contributed by atoms with Crippen molar-refractivity contribution in [3.63, 3.8) is 0 Å². The van der Waals surface area contributed by atoms with Gasteiger partial charge in [0.2, 0.25) is 5.91 Å². The van der Waals surface area contributed by atoms with Gasteiger partial charge < -0.3 is 5.73 Å². The largest absolute Gasteiger partial charge is 0.369 e. The van der Waals surface area contributed by atoms with Gasteiger partial charge in [0.05, 0.1) is 12.0 Å². The number of primary amides is 1. The van der Waals surface area contributed by atoms with Crippen LogP contribution in [0.2, 0.25) is 0 Å². The predicted octanol–water partition coefficient (Wildman–Crippen LogP) is 0.305. The summed E-state index contributed by atoms with van der Waals surface area (Å²) in [5, 5.41) is 0. The molecule has 4 nitrogen and oxygen atoms in total. The maximum absolute atomic E-state index is 11.7. The second kappa shape index (κ2) is 4.31. The van der Waals surface area contributed by atoms with E-state index in [9.17, 15) is 9.59 Å². The van der Waals surface area contributed by atoms with E-state index in [1.54, 1.807) is 0 Å². The minimum Gasteiger partial charge on any atom is -0.369 e. The lowest BCUT2D eigenvalue weighted by molar-refractivity contribution is -0.126. The molecule has 2 aliphatic rings. The summed E-state index contributed by atoms with van der Waals surface area (Å²) in [5.74, 6) is 0.0897. The smallest absolute Gasteiger partial charge is 0.221 e. The highest BCUT2D eigenvalue weighted by molar-refractivity contribution is 5.85. The van der Waals surface area contributed by atoms with Crippen LogP contribution in [-0.4, -0.2) is 35.7 Å². The van der Waals surface area contributed by atoms with Crippen LogP contribution in [0.25, 0.3) is 0 Å². The lowest BCUT2D eigenvalue weighted by Crippen LogP contribution is -2.42. The van der Waals surface area contributed by atoms with Gasteiger partial charge in [-0.3, -0.25) is 14.5 Å². The fourth-order valence-corrected chi connectivity index (χ4v) is 2.65. The second-order valence-corrected chi connectivity index (χ2v) is 4.61. The molecule has 2 fully saturated rings. The highest BCUT2D eigenvalue weighted by atomic mass is 16.1. The van der Waals surface area contributed by atoms with Crippen LogP contribution in [0.1, 0.15) is 32.1 Å². The zero-order valence-electron chi connectivity index (χ0n) is 8.95. The lowest BCUT2D eigenvalue weighted by Gasteiger charge is -2.29. The predicted molar refractivity (Wildman–Crippen MR) is 56.1 cm³/mol. The van der Waals surface area contributed by atoms with E-state index < -0.39 is 0 Å². The standard InChI is InChI=1S/C11H18N2O2/c12-11(15)8-5-6-13(7-8)9-3-1-2-4-10(9)14/h8-9H,1-7H2,(H2,12,15). The van der Waals surface area contributed by atoms with E-state index in [1.165, 1.54) is 0 Å². The Bertz CT molecular complexity index is 278. The van der Waals surface area contributed by atoms with E-state index in [2.05, 4.69) is 4.90 Å². The van der Waals surface area contributed by atoms with Gasteiger partial charge in [-0.15, -0.1) is 0 Å². The van der Waals surface area contributed by atoms with Crippen molar-refractivity contribution in [2.24, 2.45) is 11.7 Å². The molecule has 1 amide bonds. The Morgan fingerprint density at radius 1 is 1.33 bits per heavy atom. The van der Waals surface area contributed by atoms with E-state index >= 15 is 0 Å². The highest BCUT2D eigenvalue weighted by Crippen LogP contribution is 2.25. The molecular formula is C11H18N2O2. The number of hydrogen-bond acceptors (Lipinski definition) is 3. The van der Waals surface area contributed by atoms with Gasteiger partial charge in [-0.1, -0.05) is 6.42 Å². The molecule has 0 aromatic heterocycles. The van der Waals surface area contributed by atoms with Crippen LogP contribution in [-0.2, 0) is 9.59 Å². The molecule has 1 heterocycles. The Labute approximate surface area is 89.8 Å². The van der Waals surface area contributed by atoms with Gasteiger partial charge in [0.15, 0.2) is 0 Å². The number of nitrogens with zero attached hydrogens (tertiary/aromatic N) is 1. The fraction of sp³-hybridized carbons (Fsp3) is 0.818. The maximum atomic E-state index is 11.7. The van der Waals surface area contributed by atoms with Gasteiger partial charge in [0, 0.05) is 13.0 Å². The molecule has 15 heavy (non-hydrogen) atoms. The van der Waals surface area contributed by atoms with Crippen molar-refractivity contribution < 1.29 is 9.59 Å². The summed E-state index contributed by atoms with van der Waals surface area (Å²) < 4.78 is 0. The summed E-state index contributed by atoms with van der Waals surface area (Å²) in [4.78, 5) is 24.9. The third kappa shape index (κ3) is 2.20. The summed E-state index contributed by atoms with van der Waals surface area (Å²) in [6.07, 6.45) is 4.66. The number of rotatable bonds is 2. The third-order valence-corrected chi connectivity index (χ3v) is 3.59. The summed E-state index contributed by atoms with van der Waals surface area (Å²) in [6, 6.07) is 0.0723. The Hall–Kier alpha value is -0.900. The number of carbonyl (C=O) groups is 2. The number of amides is 1. The molecule has 1 saturated heterocycles. The molecule has 2 atom stereocenters. The Morgan fingerprint density at radius 3 is 2.73 bits per heavy atom. The summed E-state index contributed by atoms with van der Waals surface area (Å²) >= 11 is 0. The Kier molecular flexibility index (Phi) is 3.05. The van der Waals surface area contributed by atoms with Crippen molar-refractivity contribution in [3.05, 3.63) is 0 Å². The van der Waals surface area contributed by atoms with Crippen LogP contribution >= 0.6 is 0 Å². The van der Waals surface area contributed by atoms with Crippen molar-refractivity contribution in [3.8, 4) is 0 Å². The molecule has 2 N–H and O–H groups in total. The fourth-order valence-electron chi connectivity index (χ4n) is 2.65. The quantitative estimate of drug-likeness (QED) is 0.713. The molecule has 0 aromatic carbocycles.